The summed E-state index contributed by atoms with van der Waals surface area (Å²) in [5.74, 6) is 1.34. The van der Waals surface area contributed by atoms with Crippen molar-refractivity contribution in [1.29, 1.82) is 0 Å². The molecule has 4 aliphatic rings. The predicted octanol–water partition coefficient (Wildman–Crippen LogP) is 5.15. The summed E-state index contributed by atoms with van der Waals surface area (Å²) in [6.45, 7) is 7.07. The van der Waals surface area contributed by atoms with Crippen LogP contribution in [0.3, 0.4) is 0 Å². The van der Waals surface area contributed by atoms with Crippen LogP contribution in [0.25, 0.3) is 5.57 Å². The normalized spacial score (nSPS) is 44.0. The van der Waals surface area contributed by atoms with Gasteiger partial charge in [0.05, 0.1) is 12.2 Å². The second kappa shape index (κ2) is 6.78. The van der Waals surface area contributed by atoms with Gasteiger partial charge in [0.1, 0.15) is 0 Å². The third-order valence-corrected chi connectivity index (χ3v) is 9.34. The van der Waals surface area contributed by atoms with Crippen molar-refractivity contribution >= 4 is 5.57 Å². The molecule has 2 fully saturated rings. The summed E-state index contributed by atoms with van der Waals surface area (Å²) in [5.41, 5.74) is 5.92. The van der Waals surface area contributed by atoms with E-state index < -0.39 is 0 Å². The number of aromatic nitrogens is 1. The Balaban J connectivity index is 1.57. The molecule has 5 rings (SSSR count). The van der Waals surface area contributed by atoms with E-state index in [1.54, 1.807) is 0 Å². The molecule has 1 aromatic heterocycles. The highest BCUT2D eigenvalue weighted by Crippen LogP contribution is 2.68. The molecule has 0 aliphatic heterocycles. The summed E-state index contributed by atoms with van der Waals surface area (Å²) in [7, 11) is 0. The highest BCUT2D eigenvalue weighted by molar-refractivity contribution is 5.75. The van der Waals surface area contributed by atoms with Crippen LogP contribution < -0.4 is 0 Å². The molecule has 7 unspecified atom stereocenters. The molecule has 2 N–H and O–H groups in total. The number of aliphatic hydroxyl groups is 2. The molecule has 3 nitrogen and oxygen atoms in total. The van der Waals surface area contributed by atoms with Crippen LogP contribution >= 0.6 is 0 Å². The molecule has 2 saturated carbocycles. The first-order valence-corrected chi connectivity index (χ1v) is 11.6. The maximum Gasteiger partial charge on any atom is 0.0757 e. The number of pyridine rings is 1. The summed E-state index contributed by atoms with van der Waals surface area (Å²) in [6, 6.07) is 4.27. The van der Waals surface area contributed by atoms with Gasteiger partial charge in [-0.05, 0) is 97.7 Å². The zero-order chi connectivity index (χ0) is 20.4. The second-order valence-electron chi connectivity index (χ2n) is 10.4. The molecule has 156 valence electrons. The molecule has 0 radical (unpaired) electrons. The van der Waals surface area contributed by atoms with Gasteiger partial charge in [-0.1, -0.05) is 37.1 Å². The van der Waals surface area contributed by atoms with Crippen molar-refractivity contribution in [2.45, 2.75) is 77.9 Å². The molecule has 0 bridgehead atoms. The number of fused-ring (bicyclic) bond motifs is 5. The maximum atomic E-state index is 11.4. The Morgan fingerprint density at radius 3 is 2.69 bits per heavy atom. The van der Waals surface area contributed by atoms with Crippen LogP contribution in [0.4, 0.5) is 0 Å². The van der Waals surface area contributed by atoms with Crippen molar-refractivity contribution < 1.29 is 10.2 Å². The summed E-state index contributed by atoms with van der Waals surface area (Å²) < 4.78 is 0. The van der Waals surface area contributed by atoms with Gasteiger partial charge in [-0.15, -0.1) is 0 Å². The van der Waals surface area contributed by atoms with E-state index in [1.807, 2.05) is 12.4 Å². The zero-order valence-electron chi connectivity index (χ0n) is 18.1. The number of hydrogen-bond acceptors (Lipinski definition) is 3. The van der Waals surface area contributed by atoms with Crippen LogP contribution in [0.15, 0.2) is 41.7 Å². The highest BCUT2D eigenvalue weighted by atomic mass is 16.3. The first-order chi connectivity index (χ1) is 13.9. The smallest absolute Gasteiger partial charge is 0.0757 e. The first-order valence-electron chi connectivity index (χ1n) is 11.6. The number of aliphatic hydroxyl groups excluding tert-OH is 2. The Labute approximate surface area is 175 Å². The van der Waals surface area contributed by atoms with Gasteiger partial charge in [-0.3, -0.25) is 4.98 Å². The Morgan fingerprint density at radius 2 is 1.97 bits per heavy atom. The topological polar surface area (TPSA) is 53.4 Å². The van der Waals surface area contributed by atoms with Crippen LogP contribution in [-0.2, 0) is 0 Å². The molecular formula is C26H35NO2. The molecule has 7 atom stereocenters. The monoisotopic (exact) mass is 393 g/mol. The summed E-state index contributed by atoms with van der Waals surface area (Å²) in [4.78, 5) is 4.42. The zero-order valence-corrected chi connectivity index (χ0v) is 18.1. The minimum atomic E-state index is -0.384. The number of nitrogens with zero attached hydrogens (tertiary/aromatic N) is 1. The largest absolute Gasteiger partial charge is 0.393 e. The molecule has 1 heterocycles. The van der Waals surface area contributed by atoms with Gasteiger partial charge in [0.25, 0.3) is 0 Å². The lowest BCUT2D eigenvalue weighted by molar-refractivity contribution is -0.0783. The van der Waals surface area contributed by atoms with Crippen LogP contribution in [0.1, 0.15) is 71.3 Å². The highest BCUT2D eigenvalue weighted by Gasteiger charge is 2.60. The van der Waals surface area contributed by atoms with E-state index >= 15 is 0 Å². The molecule has 0 spiro atoms. The quantitative estimate of drug-likeness (QED) is 0.683. The molecule has 4 aliphatic carbocycles. The molecule has 3 heteroatoms. The van der Waals surface area contributed by atoms with Gasteiger partial charge in [0.2, 0.25) is 0 Å². The Morgan fingerprint density at radius 1 is 1.14 bits per heavy atom. The lowest BCUT2D eigenvalue weighted by Crippen LogP contribution is -2.54. The summed E-state index contributed by atoms with van der Waals surface area (Å²) >= 11 is 0. The molecular weight excluding hydrogens is 358 g/mol. The van der Waals surface area contributed by atoms with Gasteiger partial charge in [0.15, 0.2) is 0 Å². The molecule has 0 amide bonds. The van der Waals surface area contributed by atoms with Gasteiger partial charge in [-0.25, -0.2) is 0 Å². The molecule has 0 aromatic carbocycles. The predicted molar refractivity (Wildman–Crippen MR) is 116 cm³/mol. The van der Waals surface area contributed by atoms with E-state index in [4.69, 9.17) is 0 Å². The van der Waals surface area contributed by atoms with E-state index in [-0.39, 0.29) is 23.0 Å². The fourth-order valence-electron chi connectivity index (χ4n) is 8.03. The second-order valence-corrected chi connectivity index (χ2v) is 10.4. The standard InChI is InChI=1S/C26H35NO2/c1-4-26-10-8-20-23(22(29)14-18-13-19(28)7-9-25(18,20)3)21(26)12-16(2)24(26)17-6-5-11-27-15-17/h5-6,11,14-15,19-23,28-29H,4,7-10,12-13H2,1-3H3. The van der Waals surface area contributed by atoms with Gasteiger partial charge >= 0.3 is 0 Å². The fraction of sp³-hybridized carbons (Fsp3) is 0.654. The van der Waals surface area contributed by atoms with Crippen molar-refractivity contribution in [3.63, 3.8) is 0 Å². The lowest BCUT2D eigenvalue weighted by atomic mass is 9.46. The van der Waals surface area contributed by atoms with E-state index in [9.17, 15) is 10.2 Å². The Bertz CT molecular complexity index is 859. The van der Waals surface area contributed by atoms with Gasteiger partial charge in [-0.2, -0.15) is 0 Å². The number of allylic oxidation sites excluding steroid dienone is 2. The molecule has 0 saturated heterocycles. The SMILES string of the molecule is CCC12CCC3C(C(O)C=C4CC(O)CCC43C)C1CC(C)=C2c1cccnc1. The van der Waals surface area contributed by atoms with Crippen LogP contribution in [0.2, 0.25) is 0 Å². The molecule has 1 aromatic rings. The van der Waals surface area contributed by atoms with Crippen molar-refractivity contribution in [3.05, 3.63) is 47.3 Å². The number of hydrogen-bond donors (Lipinski definition) is 2. The van der Waals surface area contributed by atoms with Crippen molar-refractivity contribution in [1.82, 2.24) is 4.98 Å². The van der Waals surface area contributed by atoms with Gasteiger partial charge in [0, 0.05) is 12.4 Å². The Hall–Kier alpha value is -1.45. The van der Waals surface area contributed by atoms with Crippen LogP contribution in [-0.4, -0.2) is 27.4 Å². The van der Waals surface area contributed by atoms with Crippen LogP contribution in [0.5, 0.6) is 0 Å². The Kier molecular flexibility index (Phi) is 4.56. The van der Waals surface area contributed by atoms with E-state index in [0.29, 0.717) is 17.8 Å². The average molecular weight is 394 g/mol. The summed E-state index contributed by atoms with van der Waals surface area (Å²) in [5, 5.41) is 21.6. The minimum absolute atomic E-state index is 0.147. The maximum absolute atomic E-state index is 11.4. The third-order valence-electron chi connectivity index (χ3n) is 9.34. The fourth-order valence-corrected chi connectivity index (χ4v) is 8.03. The minimum Gasteiger partial charge on any atom is -0.393 e. The lowest BCUT2D eigenvalue weighted by Gasteiger charge is -2.59. The third kappa shape index (κ3) is 2.66. The molecule has 29 heavy (non-hydrogen) atoms. The van der Waals surface area contributed by atoms with Crippen molar-refractivity contribution in [3.8, 4) is 0 Å². The van der Waals surface area contributed by atoms with Crippen molar-refractivity contribution in [2.24, 2.45) is 28.6 Å². The van der Waals surface area contributed by atoms with E-state index in [1.165, 1.54) is 35.1 Å². The first kappa shape index (κ1) is 19.5. The average Bonchev–Trinajstić information content (AvgIpc) is 3.02. The number of rotatable bonds is 2. The van der Waals surface area contributed by atoms with E-state index in [2.05, 4.69) is 44.0 Å². The van der Waals surface area contributed by atoms with E-state index in [0.717, 1.165) is 32.1 Å². The summed E-state index contributed by atoms with van der Waals surface area (Å²) in [6.07, 6.45) is 12.7. The van der Waals surface area contributed by atoms with Gasteiger partial charge < -0.3 is 10.2 Å². The van der Waals surface area contributed by atoms with Crippen molar-refractivity contribution in [2.75, 3.05) is 0 Å². The van der Waals surface area contributed by atoms with Crippen LogP contribution in [0, 0.1) is 28.6 Å².